The lowest BCUT2D eigenvalue weighted by Gasteiger charge is -2.34. The Bertz CT molecular complexity index is 1250. The van der Waals surface area contributed by atoms with Gasteiger partial charge >= 0.3 is 0 Å². The molecule has 0 N–H and O–H groups in total. The third-order valence-electron chi connectivity index (χ3n) is 5.55. The van der Waals surface area contributed by atoms with Crippen LogP contribution in [0.15, 0.2) is 48.5 Å². The zero-order valence-electron chi connectivity index (χ0n) is 17.4. The molecule has 1 aliphatic heterocycles. The number of aromatic nitrogens is 3. The highest BCUT2D eigenvalue weighted by atomic mass is 32.1. The lowest BCUT2D eigenvalue weighted by molar-refractivity contribution is 0.0746. The van der Waals surface area contributed by atoms with Crippen LogP contribution in [0.4, 0.5) is 9.52 Å². The van der Waals surface area contributed by atoms with E-state index in [0.29, 0.717) is 13.1 Å². The molecule has 1 aliphatic rings. The maximum absolute atomic E-state index is 13.3. The summed E-state index contributed by atoms with van der Waals surface area (Å²) >= 11 is 1.61. The number of amides is 1. The van der Waals surface area contributed by atoms with Crippen LogP contribution in [0.25, 0.3) is 16.0 Å². The number of carbonyl (C=O) groups is 1. The molecule has 31 heavy (non-hydrogen) atoms. The number of nitrogens with zero attached hydrogens (tertiary/aromatic N) is 5. The van der Waals surface area contributed by atoms with Crippen LogP contribution in [0.1, 0.15) is 21.6 Å². The number of fused-ring (bicyclic) bond motifs is 1. The van der Waals surface area contributed by atoms with E-state index in [4.69, 9.17) is 4.98 Å². The molecule has 1 amide bonds. The van der Waals surface area contributed by atoms with E-state index in [-0.39, 0.29) is 11.7 Å². The van der Waals surface area contributed by atoms with Crippen LogP contribution < -0.4 is 4.90 Å². The number of aryl methyl sites for hydroxylation is 2. The standard InChI is InChI=1S/C23H22FN5OS/c1-15-4-3-5-17(14-15)22(30)27-10-12-28(13-11-27)23-25-21-20(31-23)16(2)26-29(21)19-8-6-18(24)7-9-19/h3-9,14H,10-13H2,1-2H3. The van der Waals surface area contributed by atoms with Crippen molar-refractivity contribution in [1.82, 2.24) is 19.7 Å². The second-order valence-corrected chi connectivity index (χ2v) is 8.75. The largest absolute Gasteiger partial charge is 0.344 e. The molecule has 2 aromatic carbocycles. The lowest BCUT2D eigenvalue weighted by atomic mass is 10.1. The molecule has 1 fully saturated rings. The van der Waals surface area contributed by atoms with E-state index in [2.05, 4.69) is 10.00 Å². The Kier molecular flexibility index (Phi) is 4.94. The van der Waals surface area contributed by atoms with E-state index in [9.17, 15) is 9.18 Å². The second kappa shape index (κ2) is 7.77. The number of anilines is 1. The van der Waals surface area contributed by atoms with Crippen LogP contribution in [0.2, 0.25) is 0 Å². The minimum Gasteiger partial charge on any atom is -0.344 e. The molecule has 0 radical (unpaired) electrons. The number of hydrogen-bond donors (Lipinski definition) is 0. The summed E-state index contributed by atoms with van der Waals surface area (Å²) in [6.45, 7) is 6.74. The lowest BCUT2D eigenvalue weighted by Crippen LogP contribution is -2.48. The van der Waals surface area contributed by atoms with E-state index in [1.165, 1.54) is 12.1 Å². The zero-order valence-corrected chi connectivity index (χ0v) is 18.2. The molecule has 1 saturated heterocycles. The van der Waals surface area contributed by atoms with Crippen LogP contribution in [0, 0.1) is 19.7 Å². The van der Waals surface area contributed by atoms with Gasteiger partial charge in [0.15, 0.2) is 10.8 Å². The molecule has 0 bridgehead atoms. The average molecular weight is 436 g/mol. The van der Waals surface area contributed by atoms with Gasteiger partial charge in [0.2, 0.25) is 0 Å². The van der Waals surface area contributed by atoms with Crippen LogP contribution >= 0.6 is 11.3 Å². The van der Waals surface area contributed by atoms with Crippen molar-refractivity contribution >= 4 is 32.7 Å². The van der Waals surface area contributed by atoms with Crippen molar-refractivity contribution in [2.24, 2.45) is 0 Å². The number of thiazole rings is 1. The van der Waals surface area contributed by atoms with E-state index >= 15 is 0 Å². The second-order valence-electron chi connectivity index (χ2n) is 7.77. The molecule has 2 aromatic heterocycles. The minimum atomic E-state index is -0.277. The SMILES string of the molecule is Cc1cccc(C(=O)N2CCN(c3nc4c(s3)c(C)nn4-c3ccc(F)cc3)CC2)c1. The summed E-state index contributed by atoms with van der Waals surface area (Å²) in [6.07, 6.45) is 0. The number of benzene rings is 2. The first-order chi connectivity index (χ1) is 15.0. The van der Waals surface area contributed by atoms with Crippen LogP contribution in [-0.4, -0.2) is 51.8 Å². The van der Waals surface area contributed by atoms with Crippen molar-refractivity contribution in [2.75, 3.05) is 31.1 Å². The molecule has 4 aromatic rings. The minimum absolute atomic E-state index is 0.0791. The fourth-order valence-corrected chi connectivity index (χ4v) is 4.92. The van der Waals surface area contributed by atoms with Gasteiger partial charge in [-0.25, -0.2) is 9.07 Å². The highest BCUT2D eigenvalue weighted by molar-refractivity contribution is 7.22. The van der Waals surface area contributed by atoms with Crippen molar-refractivity contribution in [2.45, 2.75) is 13.8 Å². The summed E-state index contributed by atoms with van der Waals surface area (Å²) < 4.78 is 16.1. The van der Waals surface area contributed by atoms with Crippen molar-refractivity contribution in [3.8, 4) is 5.69 Å². The molecule has 0 spiro atoms. The van der Waals surface area contributed by atoms with Gasteiger partial charge in [0.25, 0.3) is 5.91 Å². The predicted octanol–water partition coefficient (Wildman–Crippen LogP) is 4.20. The fraction of sp³-hybridized carbons (Fsp3) is 0.261. The summed E-state index contributed by atoms with van der Waals surface area (Å²) in [6, 6.07) is 14.0. The quantitative estimate of drug-likeness (QED) is 0.484. The van der Waals surface area contributed by atoms with Crippen LogP contribution in [-0.2, 0) is 0 Å². The molecule has 0 saturated carbocycles. The summed E-state index contributed by atoms with van der Waals surface area (Å²) in [5.74, 6) is -0.198. The molecular formula is C23H22FN5OS. The number of halogens is 1. The van der Waals surface area contributed by atoms with Gasteiger partial charge in [-0.3, -0.25) is 4.79 Å². The van der Waals surface area contributed by atoms with Crippen molar-refractivity contribution in [1.29, 1.82) is 0 Å². The molecule has 6 nitrogen and oxygen atoms in total. The molecule has 5 rings (SSSR count). The first-order valence-electron chi connectivity index (χ1n) is 10.2. The van der Waals surface area contributed by atoms with Crippen LogP contribution in [0.5, 0.6) is 0 Å². The first kappa shape index (κ1) is 19.7. The summed E-state index contributed by atoms with van der Waals surface area (Å²) in [5.41, 5.74) is 4.29. The van der Waals surface area contributed by atoms with Crippen molar-refractivity contribution < 1.29 is 9.18 Å². The molecule has 158 valence electrons. The van der Waals surface area contributed by atoms with Gasteiger partial charge in [0.1, 0.15) is 5.82 Å². The number of hydrogen-bond acceptors (Lipinski definition) is 5. The summed E-state index contributed by atoms with van der Waals surface area (Å²) in [5, 5.41) is 5.51. The Labute approximate surface area is 183 Å². The highest BCUT2D eigenvalue weighted by Gasteiger charge is 2.25. The normalized spacial score (nSPS) is 14.4. The van der Waals surface area contributed by atoms with Gasteiger partial charge in [-0.2, -0.15) is 10.1 Å². The molecular weight excluding hydrogens is 413 g/mol. The van der Waals surface area contributed by atoms with Gasteiger partial charge in [-0.15, -0.1) is 0 Å². The zero-order chi connectivity index (χ0) is 21.5. The maximum Gasteiger partial charge on any atom is 0.253 e. The van der Waals surface area contributed by atoms with E-state index in [0.717, 1.165) is 51.1 Å². The average Bonchev–Trinajstić information content (AvgIpc) is 3.35. The first-order valence-corrected chi connectivity index (χ1v) is 11.0. The van der Waals surface area contributed by atoms with Crippen molar-refractivity contribution in [3.05, 3.63) is 71.2 Å². The number of carbonyl (C=O) groups excluding carboxylic acids is 1. The summed E-state index contributed by atoms with van der Waals surface area (Å²) in [4.78, 5) is 21.8. The molecule has 3 heterocycles. The Morgan fingerprint density at radius 1 is 1.03 bits per heavy atom. The van der Waals surface area contributed by atoms with Crippen LogP contribution in [0.3, 0.4) is 0 Å². The van der Waals surface area contributed by atoms with Gasteiger partial charge in [-0.05, 0) is 50.2 Å². The van der Waals surface area contributed by atoms with Crippen molar-refractivity contribution in [3.63, 3.8) is 0 Å². The Morgan fingerprint density at radius 3 is 2.48 bits per heavy atom. The predicted molar refractivity (Wildman–Crippen MR) is 121 cm³/mol. The van der Waals surface area contributed by atoms with Gasteiger partial charge in [-0.1, -0.05) is 29.0 Å². The Hall–Kier alpha value is -3.26. The number of rotatable bonds is 3. The third-order valence-corrected chi connectivity index (χ3v) is 6.77. The molecule has 0 atom stereocenters. The van der Waals surface area contributed by atoms with E-state index in [1.54, 1.807) is 28.2 Å². The highest BCUT2D eigenvalue weighted by Crippen LogP contribution is 2.33. The van der Waals surface area contributed by atoms with Gasteiger partial charge < -0.3 is 9.80 Å². The summed E-state index contributed by atoms with van der Waals surface area (Å²) in [7, 11) is 0. The van der Waals surface area contributed by atoms with Gasteiger partial charge in [0.05, 0.1) is 16.1 Å². The smallest absolute Gasteiger partial charge is 0.253 e. The number of piperazine rings is 1. The fourth-order valence-electron chi connectivity index (χ4n) is 3.88. The maximum atomic E-state index is 13.3. The molecule has 0 unspecified atom stereocenters. The topological polar surface area (TPSA) is 54.3 Å². The Morgan fingerprint density at radius 2 is 1.77 bits per heavy atom. The Balaban J connectivity index is 1.35. The molecule has 0 aliphatic carbocycles. The van der Waals surface area contributed by atoms with Gasteiger partial charge in [0, 0.05) is 31.7 Å². The molecule has 8 heteroatoms. The van der Waals surface area contributed by atoms with E-state index in [1.807, 2.05) is 43.0 Å². The third kappa shape index (κ3) is 3.67. The van der Waals surface area contributed by atoms with E-state index < -0.39 is 0 Å². The monoisotopic (exact) mass is 435 g/mol.